The first-order valence-corrected chi connectivity index (χ1v) is 8.39. The number of benzene rings is 3. The molecule has 116 valence electrons. The summed E-state index contributed by atoms with van der Waals surface area (Å²) in [5.74, 6) is 0.456. The summed E-state index contributed by atoms with van der Waals surface area (Å²) >= 11 is 0. The third kappa shape index (κ3) is 4.10. The van der Waals surface area contributed by atoms with Crippen LogP contribution < -0.4 is 0 Å². The Morgan fingerprint density at radius 3 is 2.04 bits per heavy atom. The number of aryl methyl sites for hydroxylation is 3. The maximum Gasteiger partial charge on any atom is 0.00926 e. The quantitative estimate of drug-likeness (QED) is 0.536. The molecule has 0 aliphatic carbocycles. The van der Waals surface area contributed by atoms with Gasteiger partial charge in [-0.15, -0.1) is 0 Å². The number of rotatable bonds is 5. The molecule has 0 aromatic heterocycles. The highest BCUT2D eigenvalue weighted by atomic mass is 14.2. The van der Waals surface area contributed by atoms with Gasteiger partial charge in [-0.25, -0.2) is 0 Å². The van der Waals surface area contributed by atoms with Gasteiger partial charge in [-0.05, 0) is 43.4 Å². The van der Waals surface area contributed by atoms with Gasteiger partial charge >= 0.3 is 0 Å². The van der Waals surface area contributed by atoms with E-state index in [1.807, 2.05) is 0 Å². The third-order valence-electron chi connectivity index (χ3n) is 4.49. The summed E-state index contributed by atoms with van der Waals surface area (Å²) < 4.78 is 0. The first-order valence-electron chi connectivity index (χ1n) is 8.39. The average Bonchev–Trinajstić information content (AvgIpc) is 2.58. The van der Waals surface area contributed by atoms with E-state index < -0.39 is 0 Å². The predicted octanol–water partition coefficient (Wildman–Crippen LogP) is 6.07. The molecule has 0 nitrogen and oxygen atoms in total. The minimum absolute atomic E-state index is 0.456. The van der Waals surface area contributed by atoms with Crippen LogP contribution in [-0.2, 0) is 6.42 Å². The monoisotopic (exact) mass is 300 g/mol. The van der Waals surface area contributed by atoms with Crippen LogP contribution >= 0.6 is 0 Å². The lowest BCUT2D eigenvalue weighted by molar-refractivity contribution is 0.714. The summed E-state index contributed by atoms with van der Waals surface area (Å²) in [5.41, 5.74) is 6.91. The molecule has 0 radical (unpaired) electrons. The number of hydrogen-bond donors (Lipinski definition) is 0. The van der Waals surface area contributed by atoms with Gasteiger partial charge in [-0.1, -0.05) is 90.0 Å². The summed E-state index contributed by atoms with van der Waals surface area (Å²) in [6, 6.07) is 28.8. The van der Waals surface area contributed by atoms with Crippen LogP contribution in [-0.4, -0.2) is 0 Å². The van der Waals surface area contributed by atoms with Crippen LogP contribution in [0.4, 0.5) is 0 Å². The molecule has 0 fully saturated rings. The van der Waals surface area contributed by atoms with E-state index in [9.17, 15) is 0 Å². The molecule has 0 heterocycles. The Bertz CT molecular complexity index is 739. The summed E-state index contributed by atoms with van der Waals surface area (Å²) in [6.07, 6.45) is 2.24. The maximum atomic E-state index is 2.33. The van der Waals surface area contributed by atoms with E-state index in [0.29, 0.717) is 5.92 Å². The fourth-order valence-corrected chi connectivity index (χ4v) is 3.16. The van der Waals surface area contributed by atoms with E-state index in [-0.39, 0.29) is 0 Å². The second-order valence-electron chi connectivity index (χ2n) is 6.40. The zero-order chi connectivity index (χ0) is 16.1. The van der Waals surface area contributed by atoms with Crippen molar-refractivity contribution in [2.75, 3.05) is 0 Å². The molecular formula is C23H24. The maximum absolute atomic E-state index is 2.33. The SMILES string of the molecule is Cc1ccc(CCC(c2ccccc2)c2cccc(C)c2)cc1. The van der Waals surface area contributed by atoms with E-state index in [0.717, 1.165) is 12.8 Å². The second kappa shape index (κ2) is 7.28. The first kappa shape index (κ1) is 15.6. The van der Waals surface area contributed by atoms with Crippen LogP contribution in [0.3, 0.4) is 0 Å². The fraction of sp³-hybridized carbons (Fsp3) is 0.217. The lowest BCUT2D eigenvalue weighted by atomic mass is 9.86. The van der Waals surface area contributed by atoms with Crippen LogP contribution in [0.1, 0.15) is 40.2 Å². The molecule has 23 heavy (non-hydrogen) atoms. The van der Waals surface area contributed by atoms with E-state index in [1.54, 1.807) is 0 Å². The molecule has 0 spiro atoms. The zero-order valence-electron chi connectivity index (χ0n) is 14.0. The summed E-state index contributed by atoms with van der Waals surface area (Å²) in [5, 5.41) is 0. The molecule has 0 bridgehead atoms. The van der Waals surface area contributed by atoms with Crippen molar-refractivity contribution in [1.29, 1.82) is 0 Å². The molecule has 3 aromatic carbocycles. The van der Waals surface area contributed by atoms with Gasteiger partial charge in [0.2, 0.25) is 0 Å². The molecule has 0 amide bonds. The molecule has 0 saturated carbocycles. The lowest BCUT2D eigenvalue weighted by Crippen LogP contribution is -2.03. The Kier molecular flexibility index (Phi) is 4.92. The van der Waals surface area contributed by atoms with Gasteiger partial charge in [0.15, 0.2) is 0 Å². The summed E-state index contributed by atoms with van der Waals surface area (Å²) in [7, 11) is 0. The van der Waals surface area contributed by atoms with Crippen LogP contribution in [0.25, 0.3) is 0 Å². The standard InChI is InChI=1S/C23H24/c1-18-11-13-20(14-12-18)15-16-23(21-8-4-3-5-9-21)22-10-6-7-19(2)17-22/h3-14,17,23H,15-16H2,1-2H3. The van der Waals surface area contributed by atoms with Crippen molar-refractivity contribution >= 4 is 0 Å². The highest BCUT2D eigenvalue weighted by molar-refractivity contribution is 5.35. The van der Waals surface area contributed by atoms with Gasteiger partial charge in [0.25, 0.3) is 0 Å². The smallest absolute Gasteiger partial charge is 0.00926 e. The fourth-order valence-electron chi connectivity index (χ4n) is 3.16. The van der Waals surface area contributed by atoms with Gasteiger partial charge in [-0.2, -0.15) is 0 Å². The Morgan fingerprint density at radius 2 is 1.35 bits per heavy atom. The van der Waals surface area contributed by atoms with Crippen LogP contribution in [0.15, 0.2) is 78.9 Å². The molecular weight excluding hydrogens is 276 g/mol. The van der Waals surface area contributed by atoms with Gasteiger partial charge in [0.1, 0.15) is 0 Å². The van der Waals surface area contributed by atoms with E-state index in [1.165, 1.54) is 27.8 Å². The summed E-state index contributed by atoms with van der Waals surface area (Å²) in [6.45, 7) is 4.31. The Labute approximate surface area is 139 Å². The second-order valence-corrected chi connectivity index (χ2v) is 6.40. The van der Waals surface area contributed by atoms with Crippen molar-refractivity contribution < 1.29 is 0 Å². The van der Waals surface area contributed by atoms with Gasteiger partial charge in [0.05, 0.1) is 0 Å². The van der Waals surface area contributed by atoms with Crippen molar-refractivity contribution in [1.82, 2.24) is 0 Å². The normalized spacial score (nSPS) is 12.1. The van der Waals surface area contributed by atoms with Gasteiger partial charge in [0, 0.05) is 5.92 Å². The molecule has 0 N–H and O–H groups in total. The van der Waals surface area contributed by atoms with Crippen LogP contribution in [0, 0.1) is 13.8 Å². The van der Waals surface area contributed by atoms with Crippen molar-refractivity contribution in [2.24, 2.45) is 0 Å². The molecule has 3 rings (SSSR count). The van der Waals surface area contributed by atoms with Crippen molar-refractivity contribution in [3.63, 3.8) is 0 Å². The largest absolute Gasteiger partial charge is 0.0622 e. The Hall–Kier alpha value is -2.34. The van der Waals surface area contributed by atoms with E-state index in [4.69, 9.17) is 0 Å². The van der Waals surface area contributed by atoms with Crippen molar-refractivity contribution in [3.05, 3.63) is 107 Å². The Balaban J connectivity index is 1.85. The van der Waals surface area contributed by atoms with E-state index in [2.05, 4.69) is 92.7 Å². The minimum atomic E-state index is 0.456. The molecule has 0 saturated heterocycles. The number of hydrogen-bond acceptors (Lipinski definition) is 0. The Morgan fingerprint density at radius 1 is 0.652 bits per heavy atom. The average molecular weight is 300 g/mol. The first-order chi connectivity index (χ1) is 11.2. The predicted molar refractivity (Wildman–Crippen MR) is 99.0 cm³/mol. The lowest BCUT2D eigenvalue weighted by Gasteiger charge is -2.19. The molecule has 3 aromatic rings. The van der Waals surface area contributed by atoms with Gasteiger partial charge in [-0.3, -0.25) is 0 Å². The van der Waals surface area contributed by atoms with Crippen molar-refractivity contribution in [3.8, 4) is 0 Å². The topological polar surface area (TPSA) is 0 Å². The molecule has 0 heteroatoms. The van der Waals surface area contributed by atoms with Crippen LogP contribution in [0.5, 0.6) is 0 Å². The molecule has 0 aliphatic rings. The zero-order valence-corrected chi connectivity index (χ0v) is 14.0. The molecule has 1 atom stereocenters. The molecule has 1 unspecified atom stereocenters. The van der Waals surface area contributed by atoms with E-state index >= 15 is 0 Å². The highest BCUT2D eigenvalue weighted by Gasteiger charge is 2.14. The summed E-state index contributed by atoms with van der Waals surface area (Å²) in [4.78, 5) is 0. The van der Waals surface area contributed by atoms with Crippen molar-refractivity contribution in [2.45, 2.75) is 32.6 Å². The highest BCUT2D eigenvalue weighted by Crippen LogP contribution is 2.30. The third-order valence-corrected chi connectivity index (χ3v) is 4.49. The van der Waals surface area contributed by atoms with Gasteiger partial charge < -0.3 is 0 Å². The minimum Gasteiger partial charge on any atom is -0.0622 e. The van der Waals surface area contributed by atoms with Crippen LogP contribution in [0.2, 0.25) is 0 Å². The molecule has 0 aliphatic heterocycles.